The van der Waals surface area contributed by atoms with Gasteiger partial charge < -0.3 is 4.90 Å². The van der Waals surface area contributed by atoms with Crippen molar-refractivity contribution >= 4 is 15.7 Å². The molecule has 7 heteroatoms. The number of hydroxylamine groups is 2. The maximum absolute atomic E-state index is 13.3. The number of anilines is 1. The summed E-state index contributed by atoms with van der Waals surface area (Å²) < 4.78 is 27.9. The molecule has 27 heavy (non-hydrogen) atoms. The molecule has 1 fully saturated rings. The fourth-order valence-corrected chi connectivity index (χ4v) is 5.08. The third-order valence-electron chi connectivity index (χ3n) is 5.00. The predicted molar refractivity (Wildman–Crippen MR) is 108 cm³/mol. The van der Waals surface area contributed by atoms with Crippen LogP contribution in [0.5, 0.6) is 0 Å². The van der Waals surface area contributed by atoms with Crippen LogP contribution in [0.2, 0.25) is 0 Å². The van der Waals surface area contributed by atoms with Crippen LogP contribution in [0.3, 0.4) is 0 Å². The van der Waals surface area contributed by atoms with Crippen molar-refractivity contribution in [1.82, 2.24) is 9.37 Å². The van der Waals surface area contributed by atoms with Crippen LogP contribution in [0.15, 0.2) is 54.6 Å². The third-order valence-corrected chi connectivity index (χ3v) is 7.16. The minimum absolute atomic E-state index is 0.151. The summed E-state index contributed by atoms with van der Waals surface area (Å²) in [5.74, 6) is 0. The second-order valence-corrected chi connectivity index (χ2v) is 9.36. The maximum Gasteiger partial charge on any atom is 0.221 e. The minimum Gasteiger partial charge on any atom is -0.378 e. The van der Waals surface area contributed by atoms with Crippen molar-refractivity contribution in [3.63, 3.8) is 0 Å². The van der Waals surface area contributed by atoms with Gasteiger partial charge in [0.1, 0.15) is 5.25 Å². The summed E-state index contributed by atoms with van der Waals surface area (Å²) in [5.41, 5.74) is 2.96. The highest BCUT2D eigenvalue weighted by Gasteiger charge is 2.44. The minimum atomic E-state index is -3.54. The summed E-state index contributed by atoms with van der Waals surface area (Å²) in [6, 6.07) is 17.2. The van der Waals surface area contributed by atoms with E-state index in [-0.39, 0.29) is 12.6 Å². The van der Waals surface area contributed by atoms with Crippen LogP contribution in [0.1, 0.15) is 17.2 Å². The van der Waals surface area contributed by atoms with E-state index in [1.54, 1.807) is 19.2 Å². The molecule has 146 valence electrons. The first kappa shape index (κ1) is 19.8. The van der Waals surface area contributed by atoms with Crippen LogP contribution in [-0.2, 0) is 21.4 Å². The number of benzene rings is 2. The Labute approximate surface area is 162 Å². The van der Waals surface area contributed by atoms with E-state index in [1.165, 1.54) is 4.31 Å². The van der Waals surface area contributed by atoms with Crippen LogP contribution in [0, 0.1) is 0 Å². The molecular formula is C20H27N3O3S. The van der Waals surface area contributed by atoms with E-state index in [0.717, 1.165) is 16.8 Å². The van der Waals surface area contributed by atoms with Gasteiger partial charge in [0, 0.05) is 40.4 Å². The van der Waals surface area contributed by atoms with Crippen molar-refractivity contribution in [3.8, 4) is 0 Å². The average Bonchev–Trinajstić information content (AvgIpc) is 3.05. The fourth-order valence-electron chi connectivity index (χ4n) is 3.40. The Balaban J connectivity index is 1.84. The van der Waals surface area contributed by atoms with Crippen LogP contribution in [0.4, 0.5) is 5.69 Å². The van der Waals surface area contributed by atoms with Crippen molar-refractivity contribution in [2.45, 2.75) is 17.8 Å². The zero-order chi connectivity index (χ0) is 19.6. The first-order valence-electron chi connectivity index (χ1n) is 8.93. The lowest BCUT2D eigenvalue weighted by molar-refractivity contribution is -0.110. The quantitative estimate of drug-likeness (QED) is 0.760. The van der Waals surface area contributed by atoms with E-state index in [2.05, 4.69) is 0 Å². The fraction of sp³-hybridized carbons (Fsp3) is 0.400. The number of hydrogen-bond donors (Lipinski definition) is 0. The molecule has 6 nitrogen and oxygen atoms in total. The van der Waals surface area contributed by atoms with Gasteiger partial charge in [-0.2, -0.15) is 5.06 Å². The Bertz CT molecular complexity index is 854. The van der Waals surface area contributed by atoms with E-state index in [0.29, 0.717) is 6.54 Å². The van der Waals surface area contributed by atoms with Crippen LogP contribution in [-0.4, -0.2) is 57.8 Å². The largest absolute Gasteiger partial charge is 0.378 e. The molecule has 0 aromatic heterocycles. The van der Waals surface area contributed by atoms with E-state index in [4.69, 9.17) is 4.84 Å². The van der Waals surface area contributed by atoms with E-state index in [9.17, 15) is 8.42 Å². The zero-order valence-electron chi connectivity index (χ0n) is 16.2. The number of rotatable bonds is 6. The highest BCUT2D eigenvalue weighted by molar-refractivity contribution is 7.89. The van der Waals surface area contributed by atoms with Crippen LogP contribution in [0.25, 0.3) is 0 Å². The van der Waals surface area contributed by atoms with E-state index in [1.807, 2.05) is 73.6 Å². The second kappa shape index (κ2) is 7.98. The van der Waals surface area contributed by atoms with Gasteiger partial charge in [-0.25, -0.2) is 12.7 Å². The Morgan fingerprint density at radius 1 is 1.04 bits per heavy atom. The molecule has 0 aliphatic carbocycles. The Kier molecular flexibility index (Phi) is 5.86. The number of sulfonamides is 1. The Morgan fingerprint density at radius 2 is 1.67 bits per heavy atom. The normalized spacial score (nSPS) is 20.9. The SMILES string of the molecule is CN(C)c1ccc([C@H]2[C@@H](S(=O)(=O)N(C)Cc3ccccc3)CON2C)cc1. The lowest BCUT2D eigenvalue weighted by Gasteiger charge is -2.27. The van der Waals surface area contributed by atoms with Crippen molar-refractivity contribution < 1.29 is 13.3 Å². The highest BCUT2D eigenvalue weighted by atomic mass is 32.2. The summed E-state index contributed by atoms with van der Waals surface area (Å²) in [4.78, 5) is 7.63. The molecule has 1 saturated heterocycles. The summed E-state index contributed by atoms with van der Waals surface area (Å²) in [6.45, 7) is 0.494. The standard InChI is InChI=1S/C20H27N3O3S/c1-21(2)18-12-10-17(11-13-18)20-19(15-26-23(20)4)27(24,25)22(3)14-16-8-6-5-7-9-16/h5-13,19-20H,14-15H2,1-4H3/t19-,20-/m0/s1. The first-order chi connectivity index (χ1) is 12.8. The molecule has 0 saturated carbocycles. The molecular weight excluding hydrogens is 362 g/mol. The lowest BCUT2D eigenvalue weighted by atomic mass is 10.0. The molecule has 2 atom stereocenters. The van der Waals surface area contributed by atoms with Crippen LogP contribution >= 0.6 is 0 Å². The summed E-state index contributed by atoms with van der Waals surface area (Å²) in [5, 5.41) is 1.00. The van der Waals surface area contributed by atoms with Crippen molar-refractivity contribution in [2.24, 2.45) is 0 Å². The Hall–Kier alpha value is -1.93. The van der Waals surface area contributed by atoms with E-state index < -0.39 is 15.3 Å². The lowest BCUT2D eigenvalue weighted by Crippen LogP contribution is -2.40. The van der Waals surface area contributed by atoms with Gasteiger partial charge in [0.05, 0.1) is 12.6 Å². The van der Waals surface area contributed by atoms with E-state index >= 15 is 0 Å². The molecule has 0 N–H and O–H groups in total. The number of nitrogens with zero attached hydrogens (tertiary/aromatic N) is 3. The predicted octanol–water partition coefficient (Wildman–Crippen LogP) is 2.50. The second-order valence-electron chi connectivity index (χ2n) is 7.10. The molecule has 2 aromatic rings. The van der Waals surface area contributed by atoms with Gasteiger partial charge in [0.15, 0.2) is 0 Å². The molecule has 2 aromatic carbocycles. The number of hydrogen-bond acceptors (Lipinski definition) is 5. The Morgan fingerprint density at radius 3 is 2.26 bits per heavy atom. The first-order valence-corrected chi connectivity index (χ1v) is 10.4. The molecule has 0 unspecified atom stereocenters. The van der Waals surface area contributed by atoms with Crippen molar-refractivity contribution in [3.05, 3.63) is 65.7 Å². The molecule has 0 spiro atoms. The van der Waals surface area contributed by atoms with Gasteiger partial charge >= 0.3 is 0 Å². The summed E-state index contributed by atoms with van der Waals surface area (Å²) in [7, 11) is 3.84. The monoisotopic (exact) mass is 389 g/mol. The van der Waals surface area contributed by atoms with Gasteiger partial charge in [-0.05, 0) is 23.3 Å². The van der Waals surface area contributed by atoms with Gasteiger partial charge in [-0.3, -0.25) is 4.84 Å². The van der Waals surface area contributed by atoms with Crippen LogP contribution < -0.4 is 4.90 Å². The topological polar surface area (TPSA) is 53.1 Å². The smallest absolute Gasteiger partial charge is 0.221 e. The zero-order valence-corrected chi connectivity index (χ0v) is 17.1. The molecule has 1 heterocycles. The highest BCUT2D eigenvalue weighted by Crippen LogP contribution is 2.35. The summed E-state index contributed by atoms with van der Waals surface area (Å²) in [6.07, 6.45) is 0. The van der Waals surface area contributed by atoms with Crippen molar-refractivity contribution in [2.75, 3.05) is 39.7 Å². The molecule has 0 amide bonds. The molecule has 3 rings (SSSR count). The average molecular weight is 390 g/mol. The van der Waals surface area contributed by atoms with Crippen molar-refractivity contribution in [1.29, 1.82) is 0 Å². The maximum atomic E-state index is 13.3. The molecule has 1 aliphatic heterocycles. The van der Waals surface area contributed by atoms with Gasteiger partial charge in [-0.15, -0.1) is 0 Å². The molecule has 0 radical (unpaired) electrons. The molecule has 0 bridgehead atoms. The van der Waals surface area contributed by atoms with Gasteiger partial charge in [0.2, 0.25) is 10.0 Å². The third kappa shape index (κ3) is 4.16. The van der Waals surface area contributed by atoms with Gasteiger partial charge in [-0.1, -0.05) is 42.5 Å². The molecule has 1 aliphatic rings. The van der Waals surface area contributed by atoms with Gasteiger partial charge in [0.25, 0.3) is 0 Å². The summed E-state index contributed by atoms with van der Waals surface area (Å²) >= 11 is 0.